The van der Waals surface area contributed by atoms with Crippen molar-refractivity contribution in [2.45, 2.75) is 32.2 Å². The van der Waals surface area contributed by atoms with Crippen LogP contribution in [0.25, 0.3) is 0 Å². The van der Waals surface area contributed by atoms with E-state index >= 15 is 0 Å². The summed E-state index contributed by atoms with van der Waals surface area (Å²) in [6.45, 7) is 2.44. The smallest absolute Gasteiger partial charge is 0.335 e. The second-order valence-corrected chi connectivity index (χ2v) is 7.20. The second-order valence-electron chi connectivity index (χ2n) is 5.28. The third-order valence-electron chi connectivity index (χ3n) is 3.86. The Labute approximate surface area is 125 Å². The lowest BCUT2D eigenvalue weighted by Crippen LogP contribution is -2.48. The number of hydrogen-bond acceptors (Lipinski definition) is 3. The van der Waals surface area contributed by atoms with E-state index in [9.17, 15) is 13.2 Å². The average Bonchev–Trinajstić information content (AvgIpc) is 2.46. The molecule has 1 atom stereocenters. The van der Waals surface area contributed by atoms with E-state index in [0.29, 0.717) is 12.2 Å². The van der Waals surface area contributed by atoms with E-state index < -0.39 is 16.2 Å². The first kappa shape index (κ1) is 15.8. The molecule has 1 saturated heterocycles. The minimum atomic E-state index is -3.58. The number of hydrogen-bond donors (Lipinski definition) is 1. The summed E-state index contributed by atoms with van der Waals surface area (Å²) in [6.07, 6.45) is 2.78. The van der Waals surface area contributed by atoms with E-state index in [1.165, 1.54) is 39.9 Å². The highest BCUT2D eigenvalue weighted by molar-refractivity contribution is 7.90. The Morgan fingerprint density at radius 1 is 1.29 bits per heavy atom. The van der Waals surface area contributed by atoms with Gasteiger partial charge in [-0.05, 0) is 44.0 Å². The molecule has 0 radical (unpaired) electrons. The molecular weight excluding hydrogens is 292 g/mol. The zero-order chi connectivity index (χ0) is 15.6. The average molecular weight is 312 g/mol. The number of carbonyl (C=O) groups is 1. The molecule has 6 nitrogen and oxygen atoms in total. The Bertz CT molecular complexity index is 612. The number of benzene rings is 1. The summed E-state index contributed by atoms with van der Waals surface area (Å²) in [7, 11) is -2.09. The number of carboxylic acid groups (broad SMARTS) is 1. The van der Waals surface area contributed by atoms with Crippen molar-refractivity contribution in [3.63, 3.8) is 0 Å². The normalized spacial score (nSPS) is 20.2. The molecule has 116 valence electrons. The SMILES string of the molecule is CC1CCCCN1S(=O)(=O)N(C)c1ccc(C(=O)O)cc1. The molecule has 1 aromatic carbocycles. The van der Waals surface area contributed by atoms with Crippen LogP contribution in [0.3, 0.4) is 0 Å². The molecule has 21 heavy (non-hydrogen) atoms. The van der Waals surface area contributed by atoms with E-state index in [1.54, 1.807) is 0 Å². The summed E-state index contributed by atoms with van der Waals surface area (Å²) in [6, 6.07) is 5.82. The summed E-state index contributed by atoms with van der Waals surface area (Å²) < 4.78 is 28.0. The van der Waals surface area contributed by atoms with Gasteiger partial charge in [-0.1, -0.05) is 6.42 Å². The molecule has 1 aliphatic rings. The molecule has 0 aromatic heterocycles. The zero-order valence-corrected chi connectivity index (χ0v) is 13.0. The zero-order valence-electron chi connectivity index (χ0n) is 12.2. The number of anilines is 1. The van der Waals surface area contributed by atoms with Crippen molar-refractivity contribution in [1.29, 1.82) is 0 Å². The van der Waals surface area contributed by atoms with Crippen molar-refractivity contribution in [1.82, 2.24) is 4.31 Å². The summed E-state index contributed by atoms with van der Waals surface area (Å²) >= 11 is 0. The Morgan fingerprint density at radius 3 is 2.43 bits per heavy atom. The predicted octanol–water partition coefficient (Wildman–Crippen LogP) is 1.94. The molecule has 1 aliphatic heterocycles. The molecule has 0 spiro atoms. The fourth-order valence-corrected chi connectivity index (χ4v) is 4.14. The van der Waals surface area contributed by atoms with Crippen molar-refractivity contribution in [2.75, 3.05) is 17.9 Å². The van der Waals surface area contributed by atoms with Crippen LogP contribution in [0, 0.1) is 0 Å². The molecular formula is C14H20N2O4S. The minimum absolute atomic E-state index is 0.00973. The molecule has 1 aromatic rings. The topological polar surface area (TPSA) is 77.9 Å². The number of carboxylic acids is 1. The van der Waals surface area contributed by atoms with Crippen molar-refractivity contribution < 1.29 is 18.3 Å². The molecule has 2 rings (SSSR count). The molecule has 0 amide bonds. The van der Waals surface area contributed by atoms with Crippen LogP contribution in [0.5, 0.6) is 0 Å². The third-order valence-corrected chi connectivity index (χ3v) is 5.90. The van der Waals surface area contributed by atoms with E-state index in [-0.39, 0.29) is 11.6 Å². The predicted molar refractivity (Wildman–Crippen MR) is 80.7 cm³/mol. The number of piperidine rings is 1. The van der Waals surface area contributed by atoms with Gasteiger partial charge in [0.05, 0.1) is 11.3 Å². The van der Waals surface area contributed by atoms with Crippen LogP contribution in [0.4, 0.5) is 5.69 Å². The lowest BCUT2D eigenvalue weighted by molar-refractivity contribution is 0.0697. The lowest BCUT2D eigenvalue weighted by Gasteiger charge is -2.35. The maximum Gasteiger partial charge on any atom is 0.335 e. The quantitative estimate of drug-likeness (QED) is 0.921. The first-order chi connectivity index (χ1) is 9.84. The standard InChI is InChI=1S/C14H20N2O4S/c1-11-5-3-4-10-16(11)21(19,20)15(2)13-8-6-12(7-9-13)14(17)18/h6-9,11H,3-5,10H2,1-2H3,(H,17,18). The number of aromatic carboxylic acids is 1. The van der Waals surface area contributed by atoms with Gasteiger partial charge in [0, 0.05) is 19.6 Å². The van der Waals surface area contributed by atoms with Crippen LogP contribution in [-0.4, -0.2) is 43.4 Å². The molecule has 1 unspecified atom stereocenters. The summed E-state index contributed by atoms with van der Waals surface area (Å²) in [5.74, 6) is -1.03. The minimum Gasteiger partial charge on any atom is -0.478 e. The van der Waals surface area contributed by atoms with Crippen LogP contribution in [0.1, 0.15) is 36.5 Å². The van der Waals surface area contributed by atoms with Crippen LogP contribution >= 0.6 is 0 Å². The highest BCUT2D eigenvalue weighted by Gasteiger charge is 2.32. The van der Waals surface area contributed by atoms with Crippen LogP contribution < -0.4 is 4.31 Å². The Morgan fingerprint density at radius 2 is 1.90 bits per heavy atom. The second kappa shape index (κ2) is 6.03. The van der Waals surface area contributed by atoms with Crippen LogP contribution in [0.2, 0.25) is 0 Å². The third kappa shape index (κ3) is 3.19. The van der Waals surface area contributed by atoms with Gasteiger partial charge in [-0.3, -0.25) is 4.31 Å². The largest absolute Gasteiger partial charge is 0.478 e. The first-order valence-electron chi connectivity index (χ1n) is 6.93. The Hall–Kier alpha value is -1.60. The molecule has 0 bridgehead atoms. The van der Waals surface area contributed by atoms with Crippen molar-refractivity contribution >= 4 is 21.9 Å². The Kier molecular flexibility index (Phi) is 4.53. The van der Waals surface area contributed by atoms with Gasteiger partial charge < -0.3 is 5.11 Å². The van der Waals surface area contributed by atoms with Gasteiger partial charge in [0.2, 0.25) is 0 Å². The highest BCUT2D eigenvalue weighted by Crippen LogP contribution is 2.25. The molecule has 1 N–H and O–H groups in total. The van der Waals surface area contributed by atoms with Gasteiger partial charge in [0.1, 0.15) is 0 Å². The Balaban J connectivity index is 2.25. The fraction of sp³-hybridized carbons (Fsp3) is 0.500. The van der Waals surface area contributed by atoms with Gasteiger partial charge in [-0.25, -0.2) is 4.79 Å². The molecule has 1 fully saturated rings. The van der Waals surface area contributed by atoms with Gasteiger partial charge in [0.15, 0.2) is 0 Å². The maximum atomic E-state index is 12.7. The fourth-order valence-electron chi connectivity index (χ4n) is 2.52. The summed E-state index contributed by atoms with van der Waals surface area (Å²) in [5.41, 5.74) is 0.591. The van der Waals surface area contributed by atoms with Gasteiger partial charge >= 0.3 is 16.2 Å². The van der Waals surface area contributed by atoms with Crippen molar-refractivity contribution in [3.05, 3.63) is 29.8 Å². The van der Waals surface area contributed by atoms with Crippen molar-refractivity contribution in [2.24, 2.45) is 0 Å². The van der Waals surface area contributed by atoms with E-state index in [4.69, 9.17) is 5.11 Å². The highest BCUT2D eigenvalue weighted by atomic mass is 32.2. The van der Waals surface area contributed by atoms with Gasteiger partial charge in [0.25, 0.3) is 0 Å². The van der Waals surface area contributed by atoms with E-state index in [1.807, 2.05) is 6.92 Å². The van der Waals surface area contributed by atoms with Gasteiger partial charge in [-0.2, -0.15) is 12.7 Å². The van der Waals surface area contributed by atoms with Crippen LogP contribution in [-0.2, 0) is 10.2 Å². The van der Waals surface area contributed by atoms with Crippen molar-refractivity contribution in [3.8, 4) is 0 Å². The number of rotatable bonds is 4. The molecule has 1 heterocycles. The lowest BCUT2D eigenvalue weighted by atomic mass is 10.1. The maximum absolute atomic E-state index is 12.7. The molecule has 7 heteroatoms. The van der Waals surface area contributed by atoms with E-state index in [2.05, 4.69) is 0 Å². The monoisotopic (exact) mass is 312 g/mol. The first-order valence-corrected chi connectivity index (χ1v) is 8.33. The summed E-state index contributed by atoms with van der Waals surface area (Å²) in [5, 5.41) is 8.87. The van der Waals surface area contributed by atoms with E-state index in [0.717, 1.165) is 19.3 Å². The molecule has 0 saturated carbocycles. The molecule has 0 aliphatic carbocycles. The summed E-state index contributed by atoms with van der Waals surface area (Å²) in [4.78, 5) is 10.8. The number of nitrogens with zero attached hydrogens (tertiary/aromatic N) is 2. The van der Waals surface area contributed by atoms with Gasteiger partial charge in [-0.15, -0.1) is 0 Å². The van der Waals surface area contributed by atoms with Crippen LogP contribution in [0.15, 0.2) is 24.3 Å².